The summed E-state index contributed by atoms with van der Waals surface area (Å²) in [7, 11) is 0. The summed E-state index contributed by atoms with van der Waals surface area (Å²) in [5, 5.41) is 14.2. The maximum Gasteiger partial charge on any atom is 0.226 e. The van der Waals surface area contributed by atoms with Crippen LogP contribution in [0.5, 0.6) is 0 Å². The number of hydrogen-bond donors (Lipinski definition) is 1. The Morgan fingerprint density at radius 1 is 1.27 bits per heavy atom. The van der Waals surface area contributed by atoms with Gasteiger partial charge in [0.1, 0.15) is 6.33 Å². The van der Waals surface area contributed by atoms with Gasteiger partial charge in [0.05, 0.1) is 17.1 Å². The largest absolute Gasteiger partial charge is 0.370 e. The SMILES string of the molecule is CC(C)C(=O)Nc1cc(-n2cnnn2)ccc1N1CCCC1. The Kier molecular flexibility index (Phi) is 4.04. The van der Waals surface area contributed by atoms with Gasteiger partial charge in [-0.3, -0.25) is 4.79 Å². The number of amides is 1. The van der Waals surface area contributed by atoms with E-state index in [1.807, 2.05) is 32.0 Å². The standard InChI is InChI=1S/C15H20N6O/c1-11(2)15(22)17-13-9-12(21-10-16-18-19-21)5-6-14(13)20-7-3-4-8-20/h5-6,9-11H,3-4,7-8H2,1-2H3,(H,17,22). The van der Waals surface area contributed by atoms with E-state index in [2.05, 4.69) is 25.7 Å². The summed E-state index contributed by atoms with van der Waals surface area (Å²) >= 11 is 0. The molecule has 0 aliphatic carbocycles. The van der Waals surface area contributed by atoms with Crippen LogP contribution in [0.1, 0.15) is 26.7 Å². The van der Waals surface area contributed by atoms with Crippen LogP contribution in [0.4, 0.5) is 11.4 Å². The van der Waals surface area contributed by atoms with Crippen molar-refractivity contribution in [3.05, 3.63) is 24.5 Å². The number of benzene rings is 1. The minimum atomic E-state index is -0.0666. The van der Waals surface area contributed by atoms with Crippen LogP contribution in [-0.4, -0.2) is 39.2 Å². The summed E-state index contributed by atoms with van der Waals surface area (Å²) in [4.78, 5) is 14.4. The molecule has 2 heterocycles. The van der Waals surface area contributed by atoms with E-state index in [9.17, 15) is 4.79 Å². The number of hydrogen-bond acceptors (Lipinski definition) is 5. The fourth-order valence-corrected chi connectivity index (χ4v) is 2.56. The summed E-state index contributed by atoms with van der Waals surface area (Å²) in [6.07, 6.45) is 3.91. The number of nitrogens with one attached hydrogen (secondary N) is 1. The Morgan fingerprint density at radius 3 is 2.68 bits per heavy atom. The number of carbonyl (C=O) groups excluding carboxylic acids is 1. The van der Waals surface area contributed by atoms with Gasteiger partial charge in [-0.2, -0.15) is 0 Å². The van der Waals surface area contributed by atoms with E-state index in [1.165, 1.54) is 12.8 Å². The third-order valence-electron chi connectivity index (χ3n) is 3.82. The highest BCUT2D eigenvalue weighted by Crippen LogP contribution is 2.31. The molecular weight excluding hydrogens is 280 g/mol. The molecule has 1 aliphatic rings. The van der Waals surface area contributed by atoms with Gasteiger partial charge in [0.25, 0.3) is 0 Å². The molecule has 0 radical (unpaired) electrons. The van der Waals surface area contributed by atoms with Crippen molar-refractivity contribution in [2.75, 3.05) is 23.3 Å². The van der Waals surface area contributed by atoms with E-state index in [0.717, 1.165) is 30.2 Å². The highest BCUT2D eigenvalue weighted by Gasteiger charge is 2.18. The first-order chi connectivity index (χ1) is 10.6. The number of carbonyl (C=O) groups is 1. The van der Waals surface area contributed by atoms with Gasteiger partial charge >= 0.3 is 0 Å². The zero-order valence-electron chi connectivity index (χ0n) is 12.9. The maximum absolute atomic E-state index is 12.1. The summed E-state index contributed by atoms with van der Waals surface area (Å²) in [5.41, 5.74) is 2.70. The van der Waals surface area contributed by atoms with Crippen LogP contribution in [-0.2, 0) is 4.79 Å². The van der Waals surface area contributed by atoms with Crippen molar-refractivity contribution >= 4 is 17.3 Å². The molecule has 1 aromatic heterocycles. The highest BCUT2D eigenvalue weighted by molar-refractivity contribution is 5.96. The minimum Gasteiger partial charge on any atom is -0.370 e. The van der Waals surface area contributed by atoms with Gasteiger partial charge in [0.2, 0.25) is 5.91 Å². The number of anilines is 2. The molecule has 0 unspecified atom stereocenters. The molecule has 0 saturated carbocycles. The first-order valence-electron chi connectivity index (χ1n) is 7.58. The second kappa shape index (κ2) is 6.13. The molecule has 0 spiro atoms. The Bertz CT molecular complexity index is 646. The van der Waals surface area contributed by atoms with Crippen LogP contribution < -0.4 is 10.2 Å². The van der Waals surface area contributed by atoms with Crippen LogP contribution in [0.15, 0.2) is 24.5 Å². The van der Waals surface area contributed by atoms with Crippen LogP contribution in [0.3, 0.4) is 0 Å². The number of aromatic nitrogens is 4. The van der Waals surface area contributed by atoms with Gasteiger partial charge in [0, 0.05) is 19.0 Å². The van der Waals surface area contributed by atoms with Crippen molar-refractivity contribution in [3.8, 4) is 5.69 Å². The molecule has 22 heavy (non-hydrogen) atoms. The van der Waals surface area contributed by atoms with Gasteiger partial charge in [-0.25, -0.2) is 4.68 Å². The molecule has 7 nitrogen and oxygen atoms in total. The normalized spacial score (nSPS) is 14.6. The molecule has 0 bridgehead atoms. The quantitative estimate of drug-likeness (QED) is 0.932. The van der Waals surface area contributed by atoms with E-state index < -0.39 is 0 Å². The molecule has 1 fully saturated rings. The lowest BCUT2D eigenvalue weighted by molar-refractivity contribution is -0.118. The zero-order chi connectivity index (χ0) is 15.5. The Hall–Kier alpha value is -2.44. The fourth-order valence-electron chi connectivity index (χ4n) is 2.56. The predicted octanol–water partition coefficient (Wildman–Crippen LogP) is 1.86. The van der Waals surface area contributed by atoms with Crippen LogP contribution >= 0.6 is 0 Å². The molecule has 1 amide bonds. The average Bonchev–Trinajstić information content (AvgIpc) is 3.20. The molecule has 1 aliphatic heterocycles. The molecule has 0 atom stereocenters. The molecular formula is C15H20N6O. The van der Waals surface area contributed by atoms with E-state index in [1.54, 1.807) is 11.0 Å². The van der Waals surface area contributed by atoms with Crippen molar-refractivity contribution in [1.29, 1.82) is 0 Å². The van der Waals surface area contributed by atoms with Gasteiger partial charge in [-0.1, -0.05) is 13.8 Å². The minimum absolute atomic E-state index is 0.00862. The van der Waals surface area contributed by atoms with Gasteiger partial charge in [0.15, 0.2) is 0 Å². The summed E-state index contributed by atoms with van der Waals surface area (Å²) in [6.45, 7) is 5.82. The zero-order valence-corrected chi connectivity index (χ0v) is 12.9. The second-order valence-electron chi connectivity index (χ2n) is 5.79. The molecule has 3 rings (SSSR count). The average molecular weight is 300 g/mol. The van der Waals surface area contributed by atoms with Crippen LogP contribution in [0, 0.1) is 5.92 Å². The van der Waals surface area contributed by atoms with Crippen molar-refractivity contribution in [2.24, 2.45) is 5.92 Å². The molecule has 2 aromatic rings. The first-order valence-corrected chi connectivity index (χ1v) is 7.58. The Morgan fingerprint density at radius 2 is 2.05 bits per heavy atom. The fraction of sp³-hybridized carbons (Fsp3) is 0.467. The Labute approximate surface area is 129 Å². The second-order valence-corrected chi connectivity index (χ2v) is 5.79. The summed E-state index contributed by atoms with van der Waals surface area (Å²) in [6, 6.07) is 5.91. The summed E-state index contributed by atoms with van der Waals surface area (Å²) < 4.78 is 1.58. The lowest BCUT2D eigenvalue weighted by Gasteiger charge is -2.22. The Balaban J connectivity index is 1.96. The van der Waals surface area contributed by atoms with Gasteiger partial charge < -0.3 is 10.2 Å². The van der Waals surface area contributed by atoms with Gasteiger partial charge in [-0.05, 0) is 41.5 Å². The van der Waals surface area contributed by atoms with Crippen LogP contribution in [0.2, 0.25) is 0 Å². The molecule has 1 aromatic carbocycles. The molecule has 1 N–H and O–H groups in total. The lowest BCUT2D eigenvalue weighted by Crippen LogP contribution is -2.23. The predicted molar refractivity (Wildman–Crippen MR) is 84.1 cm³/mol. The van der Waals surface area contributed by atoms with E-state index >= 15 is 0 Å². The number of nitrogens with zero attached hydrogens (tertiary/aromatic N) is 5. The van der Waals surface area contributed by atoms with Crippen LogP contribution in [0.25, 0.3) is 5.69 Å². The van der Waals surface area contributed by atoms with E-state index in [4.69, 9.17) is 0 Å². The van der Waals surface area contributed by atoms with Crippen molar-refractivity contribution < 1.29 is 4.79 Å². The van der Waals surface area contributed by atoms with Gasteiger partial charge in [-0.15, -0.1) is 5.10 Å². The monoisotopic (exact) mass is 300 g/mol. The molecule has 7 heteroatoms. The lowest BCUT2D eigenvalue weighted by atomic mass is 10.1. The summed E-state index contributed by atoms with van der Waals surface area (Å²) in [5.74, 6) is -0.0579. The van der Waals surface area contributed by atoms with E-state index in [-0.39, 0.29) is 11.8 Å². The highest BCUT2D eigenvalue weighted by atomic mass is 16.1. The number of tetrazole rings is 1. The number of rotatable bonds is 4. The molecule has 1 saturated heterocycles. The van der Waals surface area contributed by atoms with Crippen molar-refractivity contribution in [2.45, 2.75) is 26.7 Å². The third-order valence-corrected chi connectivity index (χ3v) is 3.82. The van der Waals surface area contributed by atoms with Crippen molar-refractivity contribution in [1.82, 2.24) is 20.2 Å². The van der Waals surface area contributed by atoms with E-state index in [0.29, 0.717) is 0 Å². The first kappa shape index (κ1) is 14.5. The molecule has 116 valence electrons. The smallest absolute Gasteiger partial charge is 0.226 e. The maximum atomic E-state index is 12.1. The third kappa shape index (κ3) is 2.93. The topological polar surface area (TPSA) is 75.9 Å². The van der Waals surface area contributed by atoms with Crippen molar-refractivity contribution in [3.63, 3.8) is 0 Å².